The molecule has 3 rings (SSSR count). The van der Waals surface area contributed by atoms with Crippen LogP contribution in [0.1, 0.15) is 16.8 Å². The summed E-state index contributed by atoms with van der Waals surface area (Å²) >= 11 is 0. The molecule has 0 saturated carbocycles. The fraction of sp³-hybridized carbons (Fsp3) is 0.150. The van der Waals surface area contributed by atoms with E-state index in [1.165, 1.54) is 0 Å². The average Bonchev–Trinajstić information content (AvgIpc) is 2.66. The van der Waals surface area contributed by atoms with Crippen LogP contribution in [-0.2, 0) is 18.5 Å². The third-order valence-corrected chi connectivity index (χ3v) is 4.26. The van der Waals surface area contributed by atoms with Gasteiger partial charge in [-0.1, -0.05) is 24.3 Å². The van der Waals surface area contributed by atoms with Crippen molar-refractivity contribution in [3.05, 3.63) is 77.2 Å². The fourth-order valence-corrected chi connectivity index (χ4v) is 2.73. The van der Waals surface area contributed by atoms with E-state index in [0.717, 1.165) is 24.3 Å². The molecule has 2 aromatic carbocycles. The first-order valence-corrected chi connectivity index (χ1v) is 8.31. The highest BCUT2D eigenvalue weighted by Crippen LogP contribution is 2.38. The van der Waals surface area contributed by atoms with Crippen LogP contribution in [0.3, 0.4) is 0 Å². The van der Waals surface area contributed by atoms with E-state index in [4.69, 9.17) is 0 Å². The zero-order chi connectivity index (χ0) is 23.2. The van der Waals surface area contributed by atoms with Crippen LogP contribution in [0.5, 0.6) is 0 Å². The third kappa shape index (κ3) is 4.80. The van der Waals surface area contributed by atoms with Gasteiger partial charge in [0, 0.05) is 11.1 Å². The topological polar surface area (TPSA) is 12.9 Å². The lowest BCUT2D eigenvalue weighted by molar-refractivity contribution is -0.141. The van der Waals surface area contributed by atoms with Gasteiger partial charge in [-0.25, -0.2) is 9.37 Å². The van der Waals surface area contributed by atoms with Crippen molar-refractivity contribution in [3.8, 4) is 22.4 Å². The molecule has 0 unspecified atom stereocenters. The second kappa shape index (κ2) is 7.54. The summed E-state index contributed by atoms with van der Waals surface area (Å²) in [7, 11) is 0. The predicted octanol–water partition coefficient (Wildman–Crippen LogP) is 7.61. The minimum Gasteiger partial charge on any atom is -0.240 e. The molecule has 0 aliphatic heterocycles. The first kappa shape index (κ1) is 22.6. The molecule has 0 bridgehead atoms. The Balaban J connectivity index is 2.17. The van der Waals surface area contributed by atoms with E-state index in [9.17, 15) is 39.5 Å². The first-order valence-electron chi connectivity index (χ1n) is 8.31. The van der Waals surface area contributed by atoms with E-state index in [0.29, 0.717) is 30.3 Å². The molecule has 1 aromatic heterocycles. The predicted molar refractivity (Wildman–Crippen MR) is 90.1 cm³/mol. The largest absolute Gasteiger partial charge is 0.433 e. The van der Waals surface area contributed by atoms with Crippen molar-refractivity contribution in [3.63, 3.8) is 0 Å². The number of hydrogen-bond donors (Lipinski definition) is 0. The smallest absolute Gasteiger partial charge is 0.240 e. The molecule has 0 spiro atoms. The number of nitrogens with zero attached hydrogens (tertiary/aromatic N) is 1. The number of rotatable bonds is 2. The van der Waals surface area contributed by atoms with Crippen molar-refractivity contribution in [1.29, 1.82) is 0 Å². The third-order valence-electron chi connectivity index (χ3n) is 4.26. The maximum Gasteiger partial charge on any atom is 0.433 e. The summed E-state index contributed by atoms with van der Waals surface area (Å²) in [6.45, 7) is 0. The van der Waals surface area contributed by atoms with Gasteiger partial charge in [0.25, 0.3) is 0 Å². The zero-order valence-corrected chi connectivity index (χ0v) is 14.9. The molecule has 1 nitrogen and oxygen atoms in total. The van der Waals surface area contributed by atoms with Crippen LogP contribution in [0.4, 0.5) is 43.9 Å². The summed E-state index contributed by atoms with van der Waals surface area (Å²) in [4.78, 5) is 3.19. The number of pyridine rings is 1. The SMILES string of the molecule is Fc1c(-c2ccc(C(F)(F)F)cc2)cc(C(F)(F)F)nc1-c1ccc(C(F)(F)F)cc1. The van der Waals surface area contributed by atoms with Gasteiger partial charge in [-0.15, -0.1) is 0 Å². The molecule has 0 aliphatic carbocycles. The van der Waals surface area contributed by atoms with Gasteiger partial charge in [0.1, 0.15) is 11.4 Å². The van der Waals surface area contributed by atoms with Crippen LogP contribution >= 0.6 is 0 Å². The Labute approximate surface area is 168 Å². The molecule has 0 aliphatic rings. The molecule has 0 N–H and O–H groups in total. The molecule has 31 heavy (non-hydrogen) atoms. The van der Waals surface area contributed by atoms with Crippen LogP contribution < -0.4 is 0 Å². The summed E-state index contributed by atoms with van der Waals surface area (Å²) in [6.07, 6.45) is -14.5. The molecule has 0 saturated heterocycles. The summed E-state index contributed by atoms with van der Waals surface area (Å²) in [6, 6.07) is 5.65. The molecule has 0 fully saturated rings. The monoisotopic (exact) mass is 453 g/mol. The zero-order valence-electron chi connectivity index (χ0n) is 14.9. The highest BCUT2D eigenvalue weighted by Gasteiger charge is 2.36. The van der Waals surface area contributed by atoms with E-state index >= 15 is 4.39 Å². The normalized spacial score (nSPS) is 12.8. The minimum absolute atomic E-state index is 0.299. The van der Waals surface area contributed by atoms with Crippen LogP contribution in [-0.4, -0.2) is 4.98 Å². The van der Waals surface area contributed by atoms with E-state index in [2.05, 4.69) is 4.98 Å². The highest BCUT2D eigenvalue weighted by molar-refractivity contribution is 5.72. The summed E-state index contributed by atoms with van der Waals surface area (Å²) in [5.41, 5.74) is -6.02. The highest BCUT2D eigenvalue weighted by atomic mass is 19.4. The second-order valence-electron chi connectivity index (χ2n) is 6.37. The standard InChI is InChI=1S/C20H9F10N/c21-16-14(10-1-5-12(6-2-10)18(22,23)24)9-15(20(28,29)30)31-17(16)11-3-7-13(8-4-11)19(25,26)27/h1-9H. The lowest BCUT2D eigenvalue weighted by Gasteiger charge is -2.15. The Morgan fingerprint density at radius 1 is 0.548 bits per heavy atom. The average molecular weight is 453 g/mol. The van der Waals surface area contributed by atoms with E-state index < -0.39 is 52.4 Å². The van der Waals surface area contributed by atoms with Crippen molar-refractivity contribution >= 4 is 0 Å². The van der Waals surface area contributed by atoms with Crippen LogP contribution in [0.25, 0.3) is 22.4 Å². The number of alkyl halides is 9. The Bertz CT molecular complexity index is 997. The van der Waals surface area contributed by atoms with Crippen molar-refractivity contribution in [2.45, 2.75) is 18.5 Å². The van der Waals surface area contributed by atoms with Gasteiger partial charge in [0.05, 0.1) is 11.1 Å². The molecule has 0 atom stereocenters. The molecule has 11 heteroatoms. The van der Waals surface area contributed by atoms with Gasteiger partial charge in [0.2, 0.25) is 0 Å². The molecule has 0 amide bonds. The summed E-state index contributed by atoms with van der Waals surface area (Å²) in [5.74, 6) is -1.33. The van der Waals surface area contributed by atoms with E-state index in [1.54, 1.807) is 0 Å². The van der Waals surface area contributed by atoms with Gasteiger partial charge < -0.3 is 0 Å². The van der Waals surface area contributed by atoms with Gasteiger partial charge in [-0.2, -0.15) is 39.5 Å². The molecular formula is C20H9F10N. The lowest BCUT2D eigenvalue weighted by Crippen LogP contribution is -2.11. The minimum atomic E-state index is -5.05. The quantitative estimate of drug-likeness (QED) is 0.364. The maximum absolute atomic E-state index is 15.0. The Hall–Kier alpha value is -3.11. The van der Waals surface area contributed by atoms with Crippen LogP contribution in [0.15, 0.2) is 54.6 Å². The maximum atomic E-state index is 15.0. The van der Waals surface area contributed by atoms with Crippen LogP contribution in [0, 0.1) is 5.82 Å². The number of benzene rings is 2. The van der Waals surface area contributed by atoms with Gasteiger partial charge in [-0.3, -0.25) is 0 Å². The molecule has 0 radical (unpaired) electrons. The number of hydrogen-bond acceptors (Lipinski definition) is 1. The van der Waals surface area contributed by atoms with Gasteiger partial charge >= 0.3 is 18.5 Å². The Morgan fingerprint density at radius 3 is 1.35 bits per heavy atom. The Kier molecular flexibility index (Phi) is 5.49. The number of halogens is 10. The van der Waals surface area contributed by atoms with Crippen molar-refractivity contribution in [2.75, 3.05) is 0 Å². The van der Waals surface area contributed by atoms with Crippen LogP contribution in [0.2, 0.25) is 0 Å². The molecule has 164 valence electrons. The number of aromatic nitrogens is 1. The van der Waals surface area contributed by atoms with Crippen molar-refractivity contribution < 1.29 is 43.9 Å². The lowest BCUT2D eigenvalue weighted by atomic mass is 9.99. The summed E-state index contributed by atoms with van der Waals surface area (Å²) in [5, 5.41) is 0. The first-order chi connectivity index (χ1) is 14.2. The fourth-order valence-electron chi connectivity index (χ4n) is 2.73. The van der Waals surface area contributed by atoms with E-state index in [1.807, 2.05) is 0 Å². The van der Waals surface area contributed by atoms with Crippen molar-refractivity contribution in [2.24, 2.45) is 0 Å². The molecule has 1 heterocycles. The molecular weight excluding hydrogens is 444 g/mol. The van der Waals surface area contributed by atoms with Gasteiger partial charge in [0.15, 0.2) is 5.82 Å². The van der Waals surface area contributed by atoms with Gasteiger partial charge in [-0.05, 0) is 35.9 Å². The van der Waals surface area contributed by atoms with E-state index in [-0.39, 0.29) is 11.1 Å². The Morgan fingerprint density at radius 2 is 0.968 bits per heavy atom. The second-order valence-corrected chi connectivity index (χ2v) is 6.37. The van der Waals surface area contributed by atoms with Crippen molar-refractivity contribution in [1.82, 2.24) is 4.98 Å². The summed E-state index contributed by atoms with van der Waals surface area (Å²) < 4.78 is 131. The molecule has 3 aromatic rings.